The van der Waals surface area contributed by atoms with Crippen LogP contribution in [0.5, 0.6) is 0 Å². The predicted octanol–water partition coefficient (Wildman–Crippen LogP) is 2.28. The van der Waals surface area contributed by atoms with Gasteiger partial charge in [0.2, 0.25) is 5.95 Å². The summed E-state index contributed by atoms with van der Waals surface area (Å²) in [5.74, 6) is 1.48. The maximum absolute atomic E-state index is 9.31. The Morgan fingerprint density at radius 1 is 1.48 bits per heavy atom. The van der Waals surface area contributed by atoms with E-state index in [9.17, 15) is 5.11 Å². The van der Waals surface area contributed by atoms with Crippen molar-refractivity contribution in [2.75, 3.05) is 24.6 Å². The second kappa shape index (κ2) is 5.72. The summed E-state index contributed by atoms with van der Waals surface area (Å²) in [7, 11) is 0. The predicted molar refractivity (Wildman–Crippen MR) is 92.3 cm³/mol. The minimum atomic E-state index is 0.0994. The van der Waals surface area contributed by atoms with Gasteiger partial charge in [-0.1, -0.05) is 6.92 Å². The number of aromatic nitrogens is 4. The van der Waals surface area contributed by atoms with E-state index in [4.69, 9.17) is 4.98 Å². The first kappa shape index (κ1) is 14.8. The van der Waals surface area contributed by atoms with Crippen molar-refractivity contribution in [2.24, 2.45) is 5.92 Å². The zero-order valence-corrected chi connectivity index (χ0v) is 14.3. The molecule has 7 heteroatoms. The molecule has 3 aromatic rings. The average molecular weight is 331 g/mol. The van der Waals surface area contributed by atoms with Crippen molar-refractivity contribution >= 4 is 33.1 Å². The summed E-state index contributed by atoms with van der Waals surface area (Å²) in [5, 5.41) is 14.9. The lowest BCUT2D eigenvalue weighted by Crippen LogP contribution is -2.29. The standard InChI is InChI=1S/C16H21N5OS/c1-3-20(6-7-22)16-19-15-13(14-17-9-18-21(14)16)11-8-10(2)4-5-12(11)23-15/h9-10,22H,3-8H2,1-2H3. The third kappa shape index (κ3) is 2.30. The van der Waals surface area contributed by atoms with Crippen LogP contribution in [0.2, 0.25) is 0 Å². The Balaban J connectivity index is 1.98. The lowest BCUT2D eigenvalue weighted by atomic mass is 9.89. The maximum Gasteiger partial charge on any atom is 0.230 e. The highest BCUT2D eigenvalue weighted by Crippen LogP contribution is 2.39. The van der Waals surface area contributed by atoms with Crippen LogP contribution < -0.4 is 4.90 Å². The molecule has 0 fully saturated rings. The number of fused-ring (bicyclic) bond motifs is 5. The van der Waals surface area contributed by atoms with Gasteiger partial charge in [-0.2, -0.15) is 9.61 Å². The van der Waals surface area contributed by atoms with Crippen LogP contribution >= 0.6 is 11.3 Å². The van der Waals surface area contributed by atoms with E-state index in [1.807, 2.05) is 9.42 Å². The molecular weight excluding hydrogens is 310 g/mol. The number of aliphatic hydroxyl groups excluding tert-OH is 1. The second-order valence-electron chi connectivity index (χ2n) is 6.24. The zero-order chi connectivity index (χ0) is 16.0. The Kier molecular flexibility index (Phi) is 3.69. The summed E-state index contributed by atoms with van der Waals surface area (Å²) >= 11 is 1.80. The Hall–Kier alpha value is -1.73. The molecule has 0 bridgehead atoms. The van der Waals surface area contributed by atoms with Gasteiger partial charge in [-0.15, -0.1) is 11.3 Å². The van der Waals surface area contributed by atoms with E-state index in [1.165, 1.54) is 22.2 Å². The van der Waals surface area contributed by atoms with Gasteiger partial charge < -0.3 is 10.0 Å². The van der Waals surface area contributed by atoms with Crippen LogP contribution in [0.25, 0.3) is 15.9 Å². The van der Waals surface area contributed by atoms with Gasteiger partial charge in [0, 0.05) is 18.0 Å². The molecule has 6 nitrogen and oxygen atoms in total. The summed E-state index contributed by atoms with van der Waals surface area (Å²) in [6.07, 6.45) is 5.10. The monoisotopic (exact) mass is 331 g/mol. The van der Waals surface area contributed by atoms with Crippen molar-refractivity contribution in [2.45, 2.75) is 33.1 Å². The van der Waals surface area contributed by atoms with E-state index in [0.29, 0.717) is 12.5 Å². The van der Waals surface area contributed by atoms with E-state index in [2.05, 4.69) is 23.9 Å². The summed E-state index contributed by atoms with van der Waals surface area (Å²) in [6, 6.07) is 0. The fraction of sp³-hybridized carbons (Fsp3) is 0.562. The molecule has 122 valence electrons. The molecule has 1 atom stereocenters. The van der Waals surface area contributed by atoms with E-state index in [0.717, 1.165) is 35.8 Å². The zero-order valence-electron chi connectivity index (χ0n) is 13.5. The Labute approximate surface area is 138 Å². The lowest BCUT2D eigenvalue weighted by molar-refractivity contribution is 0.301. The molecule has 4 rings (SSSR count). The number of aliphatic hydroxyl groups is 1. The normalized spacial score (nSPS) is 17.8. The molecule has 0 spiro atoms. The molecule has 0 aliphatic heterocycles. The van der Waals surface area contributed by atoms with Crippen LogP contribution in [0.15, 0.2) is 6.33 Å². The van der Waals surface area contributed by atoms with Crippen molar-refractivity contribution in [1.29, 1.82) is 0 Å². The highest BCUT2D eigenvalue weighted by Gasteiger charge is 2.25. The van der Waals surface area contributed by atoms with Gasteiger partial charge in [0.25, 0.3) is 0 Å². The molecule has 23 heavy (non-hydrogen) atoms. The topological polar surface area (TPSA) is 66.5 Å². The number of nitrogens with zero attached hydrogens (tertiary/aromatic N) is 5. The molecule has 1 aliphatic rings. The van der Waals surface area contributed by atoms with E-state index in [1.54, 1.807) is 17.7 Å². The Bertz CT molecular complexity index is 855. The first-order chi connectivity index (χ1) is 11.2. The first-order valence-corrected chi connectivity index (χ1v) is 9.04. The van der Waals surface area contributed by atoms with Gasteiger partial charge in [0.05, 0.1) is 12.0 Å². The molecule has 1 unspecified atom stereocenters. The summed E-state index contributed by atoms with van der Waals surface area (Å²) in [4.78, 5) is 14.0. The van der Waals surface area contributed by atoms with Crippen molar-refractivity contribution in [3.63, 3.8) is 0 Å². The second-order valence-corrected chi connectivity index (χ2v) is 7.33. The number of thiophene rings is 1. The molecule has 1 N–H and O–H groups in total. The number of hydrogen-bond acceptors (Lipinski definition) is 6. The molecule has 0 radical (unpaired) electrons. The van der Waals surface area contributed by atoms with Crippen molar-refractivity contribution in [3.8, 4) is 0 Å². The smallest absolute Gasteiger partial charge is 0.230 e. The number of hydrogen-bond donors (Lipinski definition) is 1. The van der Waals surface area contributed by atoms with E-state index < -0.39 is 0 Å². The van der Waals surface area contributed by atoms with Crippen molar-refractivity contribution < 1.29 is 5.11 Å². The molecule has 0 saturated heterocycles. The number of anilines is 1. The molecule has 0 amide bonds. The number of likely N-dealkylation sites (N-methyl/N-ethyl adjacent to an activating group) is 1. The van der Waals surface area contributed by atoms with Gasteiger partial charge >= 0.3 is 0 Å². The van der Waals surface area contributed by atoms with Crippen molar-refractivity contribution in [3.05, 3.63) is 16.8 Å². The Morgan fingerprint density at radius 3 is 3.13 bits per heavy atom. The minimum absolute atomic E-state index is 0.0994. The van der Waals surface area contributed by atoms with Crippen LogP contribution in [-0.2, 0) is 12.8 Å². The number of rotatable bonds is 4. The highest BCUT2D eigenvalue weighted by molar-refractivity contribution is 7.19. The number of aryl methyl sites for hydroxylation is 1. The van der Waals surface area contributed by atoms with E-state index in [-0.39, 0.29) is 6.61 Å². The van der Waals surface area contributed by atoms with Crippen LogP contribution in [0.3, 0.4) is 0 Å². The fourth-order valence-corrected chi connectivity index (χ4v) is 4.68. The maximum atomic E-state index is 9.31. The third-order valence-electron chi connectivity index (χ3n) is 4.69. The first-order valence-electron chi connectivity index (χ1n) is 8.22. The van der Waals surface area contributed by atoms with Gasteiger partial charge in [0.15, 0.2) is 5.65 Å². The molecular formula is C16H21N5OS. The van der Waals surface area contributed by atoms with Crippen LogP contribution in [0, 0.1) is 5.92 Å². The highest BCUT2D eigenvalue weighted by atomic mass is 32.1. The van der Waals surface area contributed by atoms with E-state index >= 15 is 0 Å². The SMILES string of the molecule is CCN(CCO)c1nc2sc3c(c2c2ncnn12)CC(C)CC3. The van der Waals surface area contributed by atoms with Crippen LogP contribution in [0.4, 0.5) is 5.95 Å². The summed E-state index contributed by atoms with van der Waals surface area (Å²) < 4.78 is 1.83. The minimum Gasteiger partial charge on any atom is -0.395 e. The van der Waals surface area contributed by atoms with Crippen molar-refractivity contribution in [1.82, 2.24) is 19.6 Å². The van der Waals surface area contributed by atoms with Gasteiger partial charge in [-0.05, 0) is 37.7 Å². The van der Waals surface area contributed by atoms with Crippen LogP contribution in [-0.4, -0.2) is 44.4 Å². The lowest BCUT2D eigenvalue weighted by Gasteiger charge is -2.21. The third-order valence-corrected chi connectivity index (χ3v) is 5.87. The molecule has 3 heterocycles. The van der Waals surface area contributed by atoms with Gasteiger partial charge in [-0.3, -0.25) is 0 Å². The molecule has 1 aliphatic carbocycles. The molecule has 0 saturated carbocycles. The Morgan fingerprint density at radius 2 is 2.35 bits per heavy atom. The molecule has 3 aromatic heterocycles. The fourth-order valence-electron chi connectivity index (χ4n) is 3.47. The average Bonchev–Trinajstić information content (AvgIpc) is 3.15. The van der Waals surface area contributed by atoms with Crippen LogP contribution in [0.1, 0.15) is 30.7 Å². The largest absolute Gasteiger partial charge is 0.395 e. The summed E-state index contributed by atoms with van der Waals surface area (Å²) in [5.41, 5.74) is 2.32. The molecule has 0 aromatic carbocycles. The van der Waals surface area contributed by atoms with Gasteiger partial charge in [0.1, 0.15) is 11.2 Å². The van der Waals surface area contributed by atoms with Gasteiger partial charge in [-0.25, -0.2) is 9.97 Å². The summed E-state index contributed by atoms with van der Waals surface area (Å²) in [6.45, 7) is 5.80. The quantitative estimate of drug-likeness (QED) is 0.794.